The van der Waals surface area contributed by atoms with Crippen molar-refractivity contribution >= 4 is 0 Å². The maximum Gasteiger partial charge on any atom is 0.275 e. The number of aliphatic hydroxyl groups excluding tert-OH is 4. The summed E-state index contributed by atoms with van der Waals surface area (Å²) in [6, 6.07) is 0. The Morgan fingerprint density at radius 2 is 1.79 bits per heavy atom. The Balaban J connectivity index is 2.48. The van der Waals surface area contributed by atoms with E-state index in [9.17, 15) is 15.3 Å². The molecule has 1 heterocycles. The van der Waals surface area contributed by atoms with Crippen molar-refractivity contribution < 1.29 is 40.5 Å². The Kier molecular flexibility index (Phi) is 8.59. The quantitative estimate of drug-likeness (QED) is 0.212. The molecule has 10 nitrogen and oxygen atoms in total. The Bertz CT molecular complexity index is 465. The van der Waals surface area contributed by atoms with Gasteiger partial charge in [0.05, 0.1) is 36.9 Å². The number of hydrogen-bond acceptors (Lipinski definition) is 10. The van der Waals surface area contributed by atoms with Crippen LogP contribution < -0.4 is 0 Å². The fourth-order valence-electron chi connectivity index (χ4n) is 1.94. The first kappa shape index (κ1) is 20.8. The van der Waals surface area contributed by atoms with Crippen LogP contribution in [0, 0.1) is 0 Å². The van der Waals surface area contributed by atoms with Crippen molar-refractivity contribution in [1.82, 2.24) is 9.97 Å². The van der Waals surface area contributed by atoms with Crippen LogP contribution in [0.1, 0.15) is 36.8 Å². The molecule has 3 atom stereocenters. The first-order chi connectivity index (χ1) is 11.2. The molecule has 0 saturated carbocycles. The van der Waals surface area contributed by atoms with E-state index in [4.69, 9.17) is 25.2 Å². The molecule has 3 unspecified atom stereocenters. The standard InChI is InChI=1S/C14H24N2O8/c17-4-5-24-12(19)6-11(18)13(20)10-8-15-9(7-16-10)2-1-3-14(21,22)23/h7-8,11-13,17-23H,1-6H2. The van der Waals surface area contributed by atoms with E-state index in [2.05, 4.69) is 9.97 Å². The Morgan fingerprint density at radius 3 is 2.33 bits per heavy atom. The van der Waals surface area contributed by atoms with Crippen molar-refractivity contribution in [3.63, 3.8) is 0 Å². The fraction of sp³-hybridized carbons (Fsp3) is 0.714. The van der Waals surface area contributed by atoms with Gasteiger partial charge in [-0.1, -0.05) is 0 Å². The summed E-state index contributed by atoms with van der Waals surface area (Å²) in [6.07, 6.45) is -1.34. The minimum atomic E-state index is -2.72. The summed E-state index contributed by atoms with van der Waals surface area (Å²) in [6.45, 7) is -0.359. The number of aryl methyl sites for hydroxylation is 1. The zero-order valence-electron chi connectivity index (χ0n) is 13.1. The van der Waals surface area contributed by atoms with Crippen LogP contribution in [0.25, 0.3) is 0 Å². The predicted molar refractivity (Wildman–Crippen MR) is 79.0 cm³/mol. The van der Waals surface area contributed by atoms with Crippen LogP contribution in [0.2, 0.25) is 0 Å². The predicted octanol–water partition coefficient (Wildman–Crippen LogP) is -2.46. The van der Waals surface area contributed by atoms with E-state index in [1.165, 1.54) is 12.4 Å². The lowest BCUT2D eigenvalue weighted by atomic mass is 10.1. The van der Waals surface area contributed by atoms with Crippen LogP contribution in [-0.2, 0) is 11.2 Å². The largest absolute Gasteiger partial charge is 0.394 e. The minimum absolute atomic E-state index is 0.0880. The highest BCUT2D eigenvalue weighted by atomic mass is 16.7. The topological polar surface area (TPSA) is 177 Å². The van der Waals surface area contributed by atoms with Gasteiger partial charge in [-0.2, -0.15) is 0 Å². The summed E-state index contributed by atoms with van der Waals surface area (Å²) in [5, 5.41) is 64.1. The monoisotopic (exact) mass is 348 g/mol. The van der Waals surface area contributed by atoms with Crippen LogP contribution in [0.3, 0.4) is 0 Å². The van der Waals surface area contributed by atoms with Crippen LogP contribution in [0.4, 0.5) is 0 Å². The second-order valence-corrected chi connectivity index (χ2v) is 5.36. The molecule has 1 aromatic heterocycles. The first-order valence-corrected chi connectivity index (χ1v) is 7.47. The number of nitrogens with zero attached hydrogens (tertiary/aromatic N) is 2. The molecule has 0 aliphatic heterocycles. The first-order valence-electron chi connectivity index (χ1n) is 7.47. The summed E-state index contributed by atoms with van der Waals surface area (Å²) < 4.78 is 4.78. The molecular weight excluding hydrogens is 324 g/mol. The third-order valence-electron chi connectivity index (χ3n) is 3.18. The van der Waals surface area contributed by atoms with Gasteiger partial charge in [-0.25, -0.2) is 0 Å². The molecule has 7 N–H and O–H groups in total. The molecule has 0 bridgehead atoms. The van der Waals surface area contributed by atoms with E-state index < -0.39 is 24.5 Å². The van der Waals surface area contributed by atoms with Gasteiger partial charge >= 0.3 is 0 Å². The van der Waals surface area contributed by atoms with Crippen molar-refractivity contribution in [2.75, 3.05) is 13.2 Å². The van der Waals surface area contributed by atoms with Crippen molar-refractivity contribution in [2.45, 2.75) is 50.2 Å². The molecule has 1 aromatic rings. The van der Waals surface area contributed by atoms with Crippen LogP contribution in [0.5, 0.6) is 0 Å². The summed E-state index contributed by atoms with van der Waals surface area (Å²) in [5.41, 5.74) is 0.609. The summed E-state index contributed by atoms with van der Waals surface area (Å²) in [4.78, 5) is 7.99. The third-order valence-corrected chi connectivity index (χ3v) is 3.18. The van der Waals surface area contributed by atoms with Gasteiger partial charge in [-0.15, -0.1) is 0 Å². The molecule has 1 rings (SSSR count). The van der Waals surface area contributed by atoms with E-state index >= 15 is 0 Å². The smallest absolute Gasteiger partial charge is 0.275 e. The van der Waals surface area contributed by atoms with E-state index in [1.807, 2.05) is 0 Å². The normalized spacial score (nSPS) is 16.0. The second kappa shape index (κ2) is 9.91. The van der Waals surface area contributed by atoms with E-state index in [0.29, 0.717) is 12.1 Å². The van der Waals surface area contributed by atoms with Gasteiger partial charge in [-0.05, 0) is 12.8 Å². The highest BCUT2D eigenvalue weighted by molar-refractivity contribution is 5.06. The van der Waals surface area contributed by atoms with Crippen molar-refractivity contribution in [1.29, 1.82) is 0 Å². The lowest BCUT2D eigenvalue weighted by Crippen LogP contribution is -2.27. The average molecular weight is 348 g/mol. The average Bonchev–Trinajstić information content (AvgIpc) is 2.51. The maximum absolute atomic E-state index is 9.97. The Labute approximate surface area is 138 Å². The van der Waals surface area contributed by atoms with Crippen molar-refractivity contribution in [2.24, 2.45) is 0 Å². The molecular formula is C14H24N2O8. The molecule has 0 spiro atoms. The number of aliphatic hydroxyl groups is 7. The summed E-state index contributed by atoms with van der Waals surface area (Å²) in [7, 11) is 0. The van der Waals surface area contributed by atoms with Gasteiger partial charge in [0, 0.05) is 19.0 Å². The highest BCUT2D eigenvalue weighted by Gasteiger charge is 2.23. The van der Waals surface area contributed by atoms with Crippen LogP contribution in [-0.4, -0.2) is 77.3 Å². The molecule has 24 heavy (non-hydrogen) atoms. The molecule has 10 heteroatoms. The zero-order chi connectivity index (χ0) is 18.2. The molecule has 0 aromatic carbocycles. The zero-order valence-corrected chi connectivity index (χ0v) is 13.1. The van der Waals surface area contributed by atoms with Crippen LogP contribution in [0.15, 0.2) is 12.4 Å². The van der Waals surface area contributed by atoms with Gasteiger partial charge in [-0.3, -0.25) is 9.97 Å². The van der Waals surface area contributed by atoms with Crippen LogP contribution >= 0.6 is 0 Å². The Morgan fingerprint density at radius 1 is 1.08 bits per heavy atom. The van der Waals surface area contributed by atoms with Gasteiger partial charge in [0.25, 0.3) is 5.97 Å². The van der Waals surface area contributed by atoms with Gasteiger partial charge in [0.2, 0.25) is 0 Å². The number of ether oxygens (including phenoxy) is 1. The van der Waals surface area contributed by atoms with E-state index in [-0.39, 0.29) is 38.2 Å². The van der Waals surface area contributed by atoms with Gasteiger partial charge < -0.3 is 40.5 Å². The van der Waals surface area contributed by atoms with E-state index in [0.717, 1.165) is 0 Å². The lowest BCUT2D eigenvalue weighted by Gasteiger charge is -2.20. The van der Waals surface area contributed by atoms with Crippen molar-refractivity contribution in [3.8, 4) is 0 Å². The maximum atomic E-state index is 9.97. The summed E-state index contributed by atoms with van der Waals surface area (Å²) >= 11 is 0. The number of aromatic nitrogens is 2. The van der Waals surface area contributed by atoms with Gasteiger partial charge in [0.1, 0.15) is 6.10 Å². The Hall–Kier alpha value is -1.24. The van der Waals surface area contributed by atoms with E-state index in [1.54, 1.807) is 0 Å². The second-order valence-electron chi connectivity index (χ2n) is 5.36. The third kappa shape index (κ3) is 8.04. The number of hydrogen-bond donors (Lipinski definition) is 7. The van der Waals surface area contributed by atoms with Gasteiger partial charge in [0.15, 0.2) is 6.29 Å². The molecule has 0 radical (unpaired) electrons. The molecule has 0 aliphatic rings. The molecule has 0 amide bonds. The molecule has 0 fully saturated rings. The molecule has 138 valence electrons. The van der Waals surface area contributed by atoms with Crippen molar-refractivity contribution in [3.05, 3.63) is 23.8 Å². The lowest BCUT2D eigenvalue weighted by molar-refractivity contribution is -0.314. The SMILES string of the molecule is OCCOC(O)CC(O)C(O)c1cnc(CCCC(O)(O)O)cn1. The fourth-order valence-corrected chi connectivity index (χ4v) is 1.94. The minimum Gasteiger partial charge on any atom is -0.394 e. The molecule has 0 saturated heterocycles. The summed E-state index contributed by atoms with van der Waals surface area (Å²) in [5.74, 6) is -2.72. The molecule has 0 aliphatic carbocycles. The number of rotatable bonds is 11. The highest BCUT2D eigenvalue weighted by Crippen LogP contribution is 2.18.